The number of rotatable bonds is 6. The minimum atomic E-state index is -0.266. The quantitative estimate of drug-likeness (QED) is 0.690. The molecule has 0 atom stereocenters. The Labute approximate surface area is 163 Å². The molecule has 1 fully saturated rings. The Kier molecular flexibility index (Phi) is 5.42. The van der Waals surface area contributed by atoms with Gasteiger partial charge in [-0.3, -0.25) is 9.78 Å². The molecule has 0 saturated carbocycles. The minimum Gasteiger partial charge on any atom is -0.372 e. The van der Waals surface area contributed by atoms with E-state index in [1.807, 2.05) is 24.3 Å². The monoisotopic (exact) mass is 374 g/mol. The Bertz CT molecular complexity index is 906. The van der Waals surface area contributed by atoms with Crippen molar-refractivity contribution in [1.82, 2.24) is 20.3 Å². The average Bonchev–Trinajstić information content (AvgIpc) is 3.29. The van der Waals surface area contributed by atoms with Gasteiger partial charge in [-0.05, 0) is 48.7 Å². The van der Waals surface area contributed by atoms with Gasteiger partial charge in [0.05, 0.1) is 12.4 Å². The van der Waals surface area contributed by atoms with E-state index in [0.717, 1.165) is 24.3 Å². The van der Waals surface area contributed by atoms with Crippen LogP contribution in [0.4, 0.5) is 17.2 Å². The summed E-state index contributed by atoms with van der Waals surface area (Å²) in [5.74, 6) is 0.329. The van der Waals surface area contributed by atoms with Crippen molar-refractivity contribution in [3.8, 4) is 0 Å². The molecule has 7 heteroatoms. The third-order valence-corrected chi connectivity index (χ3v) is 4.67. The van der Waals surface area contributed by atoms with E-state index in [1.165, 1.54) is 24.7 Å². The van der Waals surface area contributed by atoms with Crippen LogP contribution in [0.25, 0.3) is 0 Å². The van der Waals surface area contributed by atoms with Gasteiger partial charge >= 0.3 is 0 Å². The van der Waals surface area contributed by atoms with E-state index in [2.05, 4.69) is 42.6 Å². The standard InChI is InChI=1S/C21H22N6O/c28-21(25-13-16-4-3-9-22-12-16)19-14-24-20(15-23-19)26-17-5-7-18(8-6-17)27-10-1-2-11-27/h3-9,12,14-15H,1-2,10-11,13H2,(H,24,26)(H,25,28). The molecule has 4 rings (SSSR count). The summed E-state index contributed by atoms with van der Waals surface area (Å²) < 4.78 is 0. The van der Waals surface area contributed by atoms with Gasteiger partial charge in [-0.15, -0.1) is 0 Å². The molecule has 1 aliphatic heterocycles. The van der Waals surface area contributed by atoms with Gasteiger partial charge in [0.2, 0.25) is 0 Å². The van der Waals surface area contributed by atoms with E-state index in [-0.39, 0.29) is 11.6 Å². The van der Waals surface area contributed by atoms with E-state index in [1.54, 1.807) is 18.6 Å². The normalized spacial score (nSPS) is 13.4. The second-order valence-electron chi connectivity index (χ2n) is 6.70. The van der Waals surface area contributed by atoms with Crippen LogP contribution in [0.1, 0.15) is 28.9 Å². The number of amides is 1. The molecule has 0 radical (unpaired) electrons. The summed E-state index contributed by atoms with van der Waals surface area (Å²) in [6.45, 7) is 2.66. The topological polar surface area (TPSA) is 83.0 Å². The van der Waals surface area contributed by atoms with Gasteiger partial charge < -0.3 is 15.5 Å². The lowest BCUT2D eigenvalue weighted by atomic mass is 10.2. The van der Waals surface area contributed by atoms with Gasteiger partial charge in [-0.2, -0.15) is 0 Å². The number of aromatic nitrogens is 3. The van der Waals surface area contributed by atoms with Crippen LogP contribution in [0.5, 0.6) is 0 Å². The highest BCUT2D eigenvalue weighted by molar-refractivity contribution is 5.92. The van der Waals surface area contributed by atoms with Gasteiger partial charge in [0.15, 0.2) is 0 Å². The van der Waals surface area contributed by atoms with E-state index in [9.17, 15) is 4.79 Å². The molecule has 1 saturated heterocycles. The van der Waals surface area contributed by atoms with Crippen LogP contribution in [0, 0.1) is 0 Å². The van der Waals surface area contributed by atoms with E-state index in [0.29, 0.717) is 12.4 Å². The van der Waals surface area contributed by atoms with Crippen molar-refractivity contribution in [1.29, 1.82) is 0 Å². The summed E-state index contributed by atoms with van der Waals surface area (Å²) in [6, 6.07) is 12.0. The van der Waals surface area contributed by atoms with Crippen molar-refractivity contribution in [3.63, 3.8) is 0 Å². The molecular formula is C21H22N6O. The van der Waals surface area contributed by atoms with Crippen LogP contribution < -0.4 is 15.5 Å². The molecule has 0 spiro atoms. The first-order chi connectivity index (χ1) is 13.8. The van der Waals surface area contributed by atoms with Crippen molar-refractivity contribution in [2.24, 2.45) is 0 Å². The molecule has 0 unspecified atom stereocenters. The Hall–Kier alpha value is -3.48. The minimum absolute atomic E-state index is 0.266. The molecule has 7 nitrogen and oxygen atoms in total. The molecule has 2 N–H and O–H groups in total. The number of pyridine rings is 1. The number of anilines is 3. The largest absolute Gasteiger partial charge is 0.372 e. The van der Waals surface area contributed by atoms with E-state index < -0.39 is 0 Å². The lowest BCUT2D eigenvalue weighted by molar-refractivity contribution is 0.0945. The van der Waals surface area contributed by atoms with Gasteiger partial charge in [0, 0.05) is 43.4 Å². The highest BCUT2D eigenvalue weighted by atomic mass is 16.1. The maximum absolute atomic E-state index is 12.2. The van der Waals surface area contributed by atoms with Crippen molar-refractivity contribution < 1.29 is 4.79 Å². The lowest BCUT2D eigenvalue weighted by Gasteiger charge is -2.17. The van der Waals surface area contributed by atoms with Crippen LogP contribution in [0.2, 0.25) is 0 Å². The zero-order chi connectivity index (χ0) is 19.2. The van der Waals surface area contributed by atoms with Crippen molar-refractivity contribution in [2.75, 3.05) is 23.3 Å². The predicted molar refractivity (Wildman–Crippen MR) is 109 cm³/mol. The molecule has 3 aromatic rings. The summed E-state index contributed by atoms with van der Waals surface area (Å²) in [5.41, 5.74) is 3.39. The summed E-state index contributed by atoms with van der Waals surface area (Å²) in [5, 5.41) is 6.02. The summed E-state index contributed by atoms with van der Waals surface area (Å²) in [4.78, 5) is 27.1. The van der Waals surface area contributed by atoms with Gasteiger partial charge in [-0.1, -0.05) is 6.07 Å². The second-order valence-corrected chi connectivity index (χ2v) is 6.70. The Balaban J connectivity index is 1.33. The van der Waals surface area contributed by atoms with Gasteiger partial charge in [0.1, 0.15) is 11.5 Å². The number of carbonyl (C=O) groups excluding carboxylic acids is 1. The Morgan fingerprint density at radius 1 is 1.00 bits per heavy atom. The number of nitrogens with zero attached hydrogens (tertiary/aromatic N) is 4. The molecule has 3 heterocycles. The molecule has 1 amide bonds. The van der Waals surface area contributed by atoms with Gasteiger partial charge in [-0.25, -0.2) is 9.97 Å². The SMILES string of the molecule is O=C(NCc1cccnc1)c1cnc(Nc2ccc(N3CCCC3)cc2)cn1. The first-order valence-corrected chi connectivity index (χ1v) is 9.39. The summed E-state index contributed by atoms with van der Waals surface area (Å²) >= 11 is 0. The van der Waals surface area contributed by atoms with Crippen molar-refractivity contribution in [2.45, 2.75) is 19.4 Å². The zero-order valence-corrected chi connectivity index (χ0v) is 15.5. The third-order valence-electron chi connectivity index (χ3n) is 4.67. The molecule has 1 aromatic carbocycles. The fraction of sp³-hybridized carbons (Fsp3) is 0.238. The average molecular weight is 374 g/mol. The van der Waals surface area contributed by atoms with Crippen LogP contribution in [-0.2, 0) is 6.54 Å². The molecular weight excluding hydrogens is 352 g/mol. The zero-order valence-electron chi connectivity index (χ0n) is 15.5. The predicted octanol–water partition coefficient (Wildman–Crippen LogP) is 3.15. The third kappa shape index (κ3) is 4.43. The molecule has 142 valence electrons. The summed E-state index contributed by atoms with van der Waals surface area (Å²) in [7, 11) is 0. The molecule has 28 heavy (non-hydrogen) atoms. The fourth-order valence-electron chi connectivity index (χ4n) is 3.16. The molecule has 2 aromatic heterocycles. The second kappa shape index (κ2) is 8.47. The number of nitrogens with one attached hydrogen (secondary N) is 2. The maximum Gasteiger partial charge on any atom is 0.271 e. The molecule has 1 aliphatic rings. The molecule has 0 bridgehead atoms. The van der Waals surface area contributed by atoms with Crippen LogP contribution in [-0.4, -0.2) is 33.9 Å². The first kappa shape index (κ1) is 17.9. The molecule has 0 aliphatic carbocycles. The van der Waals surface area contributed by atoms with Crippen molar-refractivity contribution in [3.05, 3.63) is 72.4 Å². The summed E-state index contributed by atoms with van der Waals surface area (Å²) in [6.07, 6.45) is 8.97. The Morgan fingerprint density at radius 3 is 2.50 bits per heavy atom. The van der Waals surface area contributed by atoms with E-state index >= 15 is 0 Å². The lowest BCUT2D eigenvalue weighted by Crippen LogP contribution is -2.24. The number of benzene rings is 1. The number of carbonyl (C=O) groups is 1. The van der Waals surface area contributed by atoms with Crippen molar-refractivity contribution >= 4 is 23.1 Å². The fourth-order valence-corrected chi connectivity index (χ4v) is 3.16. The Morgan fingerprint density at radius 2 is 1.82 bits per heavy atom. The van der Waals surface area contributed by atoms with Crippen LogP contribution in [0.3, 0.4) is 0 Å². The van der Waals surface area contributed by atoms with Gasteiger partial charge in [0.25, 0.3) is 5.91 Å². The highest BCUT2D eigenvalue weighted by Crippen LogP contribution is 2.23. The number of hydrogen-bond acceptors (Lipinski definition) is 6. The highest BCUT2D eigenvalue weighted by Gasteiger charge is 2.12. The first-order valence-electron chi connectivity index (χ1n) is 9.39. The van der Waals surface area contributed by atoms with Crippen LogP contribution >= 0.6 is 0 Å². The maximum atomic E-state index is 12.2. The smallest absolute Gasteiger partial charge is 0.271 e. The van der Waals surface area contributed by atoms with Crippen LogP contribution in [0.15, 0.2) is 61.2 Å². The van der Waals surface area contributed by atoms with E-state index in [4.69, 9.17) is 0 Å². The number of hydrogen-bond donors (Lipinski definition) is 2.